The van der Waals surface area contributed by atoms with Crippen molar-refractivity contribution < 1.29 is 80.5 Å². The van der Waals surface area contributed by atoms with E-state index in [1.807, 2.05) is 6.08 Å². The van der Waals surface area contributed by atoms with Crippen LogP contribution in [0.25, 0.3) is 11.2 Å². The fraction of sp³-hybridized carbons (Fsp3) is 0.676. The highest BCUT2D eigenvalue weighted by Crippen LogP contribution is 2.61. The van der Waals surface area contributed by atoms with E-state index in [1.165, 1.54) is 52.0 Å². The maximum atomic E-state index is 12.7. The third kappa shape index (κ3) is 20.4. The molecule has 0 aromatic carbocycles. The number of fused-ring (bicyclic) bond motifs is 1. The van der Waals surface area contributed by atoms with Crippen molar-refractivity contribution in [2.45, 2.75) is 122 Å². The molecule has 65 heavy (non-hydrogen) atoms. The van der Waals surface area contributed by atoms with E-state index in [0.717, 1.165) is 61.1 Å². The number of allylic oxidation sites excluding steroid dienone is 3. The molecule has 1 aliphatic heterocycles. The Morgan fingerprint density at radius 3 is 2.26 bits per heavy atom. The number of nitrogens with two attached hydrogens (primary N) is 1. The Morgan fingerprint density at radius 2 is 1.58 bits per heavy atom. The molecule has 10 N–H and O–H groups in total. The number of carbonyl (C=O) groups excluding carboxylic acids is 3. The van der Waals surface area contributed by atoms with Gasteiger partial charge in [-0.05, 0) is 38.2 Å². The fourth-order valence-electron chi connectivity index (χ4n) is 6.12. The van der Waals surface area contributed by atoms with Crippen molar-refractivity contribution in [3.63, 3.8) is 0 Å². The minimum atomic E-state index is -5.58. The Balaban J connectivity index is 1.34. The monoisotopic (exact) mass is 1000 g/mol. The summed E-state index contributed by atoms with van der Waals surface area (Å²) in [6.45, 7) is 2.69. The predicted molar refractivity (Wildman–Crippen MR) is 237 cm³/mol. The smallest absolute Gasteiger partial charge is 0.386 e. The SMILES string of the molecule is CCCC/C=C\CCCCCCC/C=C/C(=O)SCCNC(=O)CCNC(=O)[C@H](O)C(C)(C)COP(=O)(O)OP(=O)(O)OC[C@H]1O[C@@H](n2cnc3c(N)ncnc32)[C@H](O)[C@@H]1OP(=O)(O)O. The third-order valence-corrected chi connectivity index (χ3v) is 13.6. The first kappa shape index (κ1) is 56.4. The van der Waals surface area contributed by atoms with E-state index in [1.54, 1.807) is 0 Å². The lowest BCUT2D eigenvalue weighted by molar-refractivity contribution is -0.137. The number of amides is 2. The summed E-state index contributed by atoms with van der Waals surface area (Å²) in [6, 6.07) is 0. The molecule has 1 saturated heterocycles. The Morgan fingerprint density at radius 1 is 0.938 bits per heavy atom. The van der Waals surface area contributed by atoms with E-state index in [2.05, 4.69) is 53.5 Å². The number of hydrogen-bond donors (Lipinski definition) is 9. The lowest BCUT2D eigenvalue weighted by Crippen LogP contribution is -2.46. The van der Waals surface area contributed by atoms with Gasteiger partial charge in [0.05, 0.1) is 19.5 Å². The standard InChI is InChI=1S/C37H62N7O17P3S/c1-4-5-6-7-8-9-10-11-12-13-14-15-16-17-28(46)65-21-20-39-27(45)18-19-40-35(49)32(48)37(2,3)23-58-64(55,56)61-63(53,54)57-22-26-31(60-62(50,51)52)30(47)36(59-26)44-25-43-29-33(38)41-24-42-34(29)44/h7-8,16-17,24-26,30-32,36,47-48H,4-6,9-15,18-23H2,1-3H3,(H,39,45)(H,40,49)(H,53,54)(H,55,56)(H2,38,41,42)(H2,50,51,52)/b8-7-,17-16+/t26-,30-,31-,32+,36-/m1/s1. The summed E-state index contributed by atoms with van der Waals surface area (Å²) in [4.78, 5) is 88.1. The number of unbranched alkanes of at least 4 members (excludes halogenated alkanes) is 8. The van der Waals surface area contributed by atoms with Crippen molar-refractivity contribution in [2.24, 2.45) is 5.41 Å². The number of nitrogens with one attached hydrogen (secondary N) is 2. The van der Waals surface area contributed by atoms with Gasteiger partial charge in [0.25, 0.3) is 0 Å². The molecular weight excluding hydrogens is 939 g/mol. The first-order valence-corrected chi connectivity index (χ1v) is 26.4. The summed E-state index contributed by atoms with van der Waals surface area (Å²) in [5.74, 6) is -1.11. The average molecular weight is 1000 g/mol. The molecule has 24 nitrogen and oxygen atoms in total. The Bertz CT molecular complexity index is 2050. The van der Waals surface area contributed by atoms with Crippen LogP contribution in [0.15, 0.2) is 37.0 Å². The summed E-state index contributed by atoms with van der Waals surface area (Å²) in [5, 5.41) is 26.4. The highest BCUT2D eigenvalue weighted by Gasteiger charge is 2.50. The number of aliphatic hydroxyl groups is 2. The third-order valence-electron chi connectivity index (χ3n) is 9.63. The quantitative estimate of drug-likeness (QED) is 0.0225. The Hall–Kier alpha value is -2.96. The van der Waals surface area contributed by atoms with Gasteiger partial charge in [0.2, 0.25) is 16.9 Å². The summed E-state index contributed by atoms with van der Waals surface area (Å²) in [7, 11) is -16.4. The molecule has 0 saturated carbocycles. The molecule has 1 fully saturated rings. The molecular formula is C37H62N7O17P3S. The van der Waals surface area contributed by atoms with Gasteiger partial charge in [0.1, 0.15) is 36.3 Å². The van der Waals surface area contributed by atoms with Crippen molar-refractivity contribution in [1.82, 2.24) is 30.2 Å². The van der Waals surface area contributed by atoms with E-state index >= 15 is 0 Å². The number of phosphoric ester groups is 3. The number of rotatable bonds is 31. The molecule has 3 heterocycles. The Labute approximate surface area is 381 Å². The number of ether oxygens (including phenoxy) is 1. The van der Waals surface area contributed by atoms with Crippen LogP contribution in [0.3, 0.4) is 0 Å². The number of anilines is 1. The molecule has 0 spiro atoms. The molecule has 2 unspecified atom stereocenters. The van der Waals surface area contributed by atoms with Gasteiger partial charge in [-0.1, -0.05) is 82.9 Å². The van der Waals surface area contributed by atoms with Gasteiger partial charge >= 0.3 is 23.5 Å². The van der Waals surface area contributed by atoms with Crippen LogP contribution in [0.4, 0.5) is 5.82 Å². The number of carbonyl (C=O) groups is 3. The number of aliphatic hydroxyl groups excluding tert-OH is 2. The molecule has 368 valence electrons. The van der Waals surface area contributed by atoms with Gasteiger partial charge in [-0.2, -0.15) is 4.31 Å². The number of aromatic nitrogens is 4. The van der Waals surface area contributed by atoms with Crippen molar-refractivity contribution in [3.8, 4) is 0 Å². The van der Waals surface area contributed by atoms with Gasteiger partial charge in [-0.25, -0.2) is 28.6 Å². The van der Waals surface area contributed by atoms with Crippen LogP contribution in [0.1, 0.15) is 97.6 Å². The number of phosphoric acid groups is 3. The van der Waals surface area contributed by atoms with E-state index in [4.69, 9.17) is 19.5 Å². The largest absolute Gasteiger partial charge is 0.481 e. The average Bonchev–Trinajstić information content (AvgIpc) is 3.79. The van der Waals surface area contributed by atoms with Gasteiger partial charge < -0.3 is 50.9 Å². The lowest BCUT2D eigenvalue weighted by Gasteiger charge is -2.30. The first-order chi connectivity index (χ1) is 30.6. The molecule has 0 aliphatic carbocycles. The van der Waals surface area contributed by atoms with Crippen LogP contribution in [-0.2, 0) is 50.7 Å². The van der Waals surface area contributed by atoms with Gasteiger partial charge in [-0.3, -0.25) is 32.5 Å². The number of nitrogen functional groups attached to an aromatic ring is 1. The van der Waals surface area contributed by atoms with E-state index in [0.29, 0.717) is 5.75 Å². The second-order valence-electron chi connectivity index (χ2n) is 15.6. The maximum Gasteiger partial charge on any atom is 0.481 e. The predicted octanol–water partition coefficient (Wildman–Crippen LogP) is 3.70. The molecule has 0 radical (unpaired) electrons. The summed E-state index contributed by atoms with van der Waals surface area (Å²) < 4.78 is 62.4. The summed E-state index contributed by atoms with van der Waals surface area (Å²) in [5.41, 5.74) is 4.27. The zero-order chi connectivity index (χ0) is 48.3. The molecule has 2 aromatic rings. The van der Waals surface area contributed by atoms with Crippen molar-refractivity contribution >= 4 is 69.1 Å². The second kappa shape index (κ2) is 27.1. The van der Waals surface area contributed by atoms with Crippen LogP contribution in [0, 0.1) is 5.41 Å². The normalized spacial score (nSPS) is 20.6. The van der Waals surface area contributed by atoms with Crippen molar-refractivity contribution in [2.75, 3.05) is 37.8 Å². The second-order valence-corrected chi connectivity index (χ2v) is 20.9. The number of thioether (sulfide) groups is 1. The molecule has 0 bridgehead atoms. The van der Waals surface area contributed by atoms with Gasteiger partial charge in [0, 0.05) is 30.7 Å². The van der Waals surface area contributed by atoms with Crippen LogP contribution in [-0.4, -0.2) is 123 Å². The molecule has 2 aromatic heterocycles. The molecule has 28 heteroatoms. The van der Waals surface area contributed by atoms with E-state index < -0.39 is 84.6 Å². The molecule has 7 atom stereocenters. The lowest BCUT2D eigenvalue weighted by atomic mass is 9.87. The van der Waals surface area contributed by atoms with Crippen LogP contribution < -0.4 is 16.4 Å². The Kier molecular flexibility index (Phi) is 23.5. The highest BCUT2D eigenvalue weighted by molar-refractivity contribution is 8.14. The molecule has 2 amide bonds. The summed E-state index contributed by atoms with van der Waals surface area (Å²) >= 11 is 1.06. The van der Waals surface area contributed by atoms with Crippen LogP contribution in [0.2, 0.25) is 0 Å². The molecule has 1 aliphatic rings. The van der Waals surface area contributed by atoms with Crippen LogP contribution >= 0.6 is 35.2 Å². The highest BCUT2D eigenvalue weighted by atomic mass is 32.2. The molecule has 3 rings (SSSR count). The van der Waals surface area contributed by atoms with Gasteiger partial charge in [-0.15, -0.1) is 0 Å². The first-order valence-electron chi connectivity index (χ1n) is 20.9. The zero-order valence-electron chi connectivity index (χ0n) is 36.5. The fourth-order valence-corrected chi connectivity index (χ4v) is 9.55. The van der Waals surface area contributed by atoms with Crippen molar-refractivity contribution in [3.05, 3.63) is 37.0 Å². The number of hydrogen-bond acceptors (Lipinski definition) is 18. The van der Waals surface area contributed by atoms with Crippen LogP contribution in [0.5, 0.6) is 0 Å². The maximum absolute atomic E-state index is 12.7. The topological polar surface area (TPSA) is 364 Å². The minimum absolute atomic E-state index is 0.0314. The summed E-state index contributed by atoms with van der Waals surface area (Å²) in [6.07, 6.45) is 12.3. The number of imidazole rings is 1. The van der Waals surface area contributed by atoms with Crippen molar-refractivity contribution in [1.29, 1.82) is 0 Å². The van der Waals surface area contributed by atoms with E-state index in [9.17, 15) is 57.9 Å². The minimum Gasteiger partial charge on any atom is -0.386 e. The van der Waals surface area contributed by atoms with E-state index in [-0.39, 0.29) is 41.6 Å². The zero-order valence-corrected chi connectivity index (χ0v) is 40.0. The number of nitrogens with zero attached hydrogens (tertiary/aromatic N) is 4. The van der Waals surface area contributed by atoms with Gasteiger partial charge in [0.15, 0.2) is 17.7 Å².